The number of hydrogen-bond acceptors (Lipinski definition) is 4. The fourth-order valence-electron chi connectivity index (χ4n) is 2.44. The van der Waals surface area contributed by atoms with E-state index in [1.54, 1.807) is 10.7 Å². The highest BCUT2D eigenvalue weighted by Crippen LogP contribution is 2.24. The largest absolute Gasteiger partial charge is 0.385 e. The predicted molar refractivity (Wildman–Crippen MR) is 72.5 cm³/mol. The van der Waals surface area contributed by atoms with Gasteiger partial charge in [-0.2, -0.15) is 5.10 Å². The summed E-state index contributed by atoms with van der Waals surface area (Å²) in [4.78, 5) is 12.2. The number of pyridine rings is 1. The number of carbonyl (C=O) groups is 1. The summed E-state index contributed by atoms with van der Waals surface area (Å²) >= 11 is 0. The van der Waals surface area contributed by atoms with Crippen molar-refractivity contribution >= 4 is 11.4 Å². The monoisotopic (exact) mass is 275 g/mol. The van der Waals surface area contributed by atoms with Gasteiger partial charge in [0, 0.05) is 25.8 Å². The molecular weight excluding hydrogens is 258 g/mol. The average molecular weight is 275 g/mol. The van der Waals surface area contributed by atoms with Crippen LogP contribution in [0.2, 0.25) is 0 Å². The Kier molecular flexibility index (Phi) is 3.19. The lowest BCUT2D eigenvalue weighted by molar-refractivity contribution is -0.0251. The second kappa shape index (κ2) is 4.88. The van der Waals surface area contributed by atoms with Crippen LogP contribution < -0.4 is 5.32 Å². The van der Waals surface area contributed by atoms with Crippen LogP contribution in [0.4, 0.5) is 0 Å². The summed E-state index contributed by atoms with van der Waals surface area (Å²) in [5.41, 5.74) is 0.256. The van der Waals surface area contributed by atoms with Crippen molar-refractivity contribution in [2.75, 3.05) is 13.2 Å². The minimum Gasteiger partial charge on any atom is -0.385 e. The summed E-state index contributed by atoms with van der Waals surface area (Å²) < 4.78 is 6.99. The molecule has 2 atom stereocenters. The molecular formula is C14H17N3O3. The molecule has 0 aliphatic carbocycles. The fourth-order valence-corrected chi connectivity index (χ4v) is 2.44. The molecule has 2 unspecified atom stereocenters. The molecule has 0 radical (unpaired) electrons. The van der Waals surface area contributed by atoms with Gasteiger partial charge in [0.05, 0.1) is 23.4 Å². The lowest BCUT2D eigenvalue weighted by Gasteiger charge is -2.26. The molecule has 0 aromatic carbocycles. The number of carbonyl (C=O) groups excluding carboxylic acids is 1. The summed E-state index contributed by atoms with van der Waals surface area (Å²) in [5, 5.41) is 17.2. The first-order valence-electron chi connectivity index (χ1n) is 6.65. The van der Waals surface area contributed by atoms with E-state index in [1.165, 1.54) is 6.20 Å². The van der Waals surface area contributed by atoms with Crippen LogP contribution in [0.5, 0.6) is 0 Å². The molecule has 20 heavy (non-hydrogen) atoms. The maximum Gasteiger partial charge on any atom is 0.255 e. The molecule has 2 aromatic rings. The van der Waals surface area contributed by atoms with E-state index in [9.17, 15) is 9.90 Å². The Bertz CT molecular complexity index is 639. The minimum atomic E-state index is -0.987. The van der Waals surface area contributed by atoms with E-state index in [0.717, 1.165) is 5.52 Å². The maximum absolute atomic E-state index is 12.2. The van der Waals surface area contributed by atoms with Crippen LogP contribution in [0.3, 0.4) is 0 Å². The van der Waals surface area contributed by atoms with Gasteiger partial charge in [-0.1, -0.05) is 6.07 Å². The summed E-state index contributed by atoms with van der Waals surface area (Å²) in [5.74, 6) is -0.237. The second-order valence-corrected chi connectivity index (χ2v) is 5.14. The Balaban J connectivity index is 1.74. The Hall–Kier alpha value is -1.92. The Morgan fingerprint density at radius 1 is 1.65 bits per heavy atom. The lowest BCUT2D eigenvalue weighted by atomic mass is 9.96. The SMILES string of the molecule is CC1OCCC1(O)CNC(=O)c1cnn2ccccc12. The zero-order valence-electron chi connectivity index (χ0n) is 11.2. The van der Waals surface area contributed by atoms with Crippen molar-refractivity contribution in [2.24, 2.45) is 0 Å². The number of hydrogen-bond donors (Lipinski definition) is 2. The topological polar surface area (TPSA) is 75.9 Å². The molecule has 6 heteroatoms. The molecule has 1 aliphatic heterocycles. The second-order valence-electron chi connectivity index (χ2n) is 5.14. The van der Waals surface area contributed by atoms with E-state index in [0.29, 0.717) is 18.6 Å². The van der Waals surface area contributed by atoms with E-state index < -0.39 is 5.60 Å². The Labute approximate surface area is 116 Å². The van der Waals surface area contributed by atoms with Gasteiger partial charge in [0.2, 0.25) is 0 Å². The standard InChI is InChI=1S/C14H17N3O3/c1-10-14(19,5-7-20-10)9-15-13(18)11-8-16-17-6-3-2-4-12(11)17/h2-4,6,8,10,19H,5,7,9H2,1H3,(H,15,18). The zero-order valence-corrected chi connectivity index (χ0v) is 11.2. The van der Waals surface area contributed by atoms with E-state index in [4.69, 9.17) is 4.74 Å². The Morgan fingerprint density at radius 3 is 3.25 bits per heavy atom. The van der Waals surface area contributed by atoms with E-state index in [1.807, 2.05) is 25.1 Å². The molecule has 6 nitrogen and oxygen atoms in total. The third kappa shape index (κ3) is 2.17. The number of fused-ring (bicyclic) bond motifs is 1. The van der Waals surface area contributed by atoms with Crippen molar-refractivity contribution in [1.82, 2.24) is 14.9 Å². The third-order valence-corrected chi connectivity index (χ3v) is 3.89. The van der Waals surface area contributed by atoms with Crippen LogP contribution >= 0.6 is 0 Å². The van der Waals surface area contributed by atoms with E-state index in [-0.39, 0.29) is 18.6 Å². The first kappa shape index (κ1) is 13.1. The molecule has 0 saturated carbocycles. The van der Waals surface area contributed by atoms with Crippen LogP contribution in [0.1, 0.15) is 23.7 Å². The molecule has 3 rings (SSSR count). The highest BCUT2D eigenvalue weighted by Gasteiger charge is 2.39. The van der Waals surface area contributed by atoms with Gasteiger partial charge in [0.1, 0.15) is 5.60 Å². The zero-order chi connectivity index (χ0) is 14.2. The molecule has 0 spiro atoms. The molecule has 2 N–H and O–H groups in total. The molecule has 0 bridgehead atoms. The lowest BCUT2D eigenvalue weighted by Crippen LogP contribution is -2.47. The summed E-state index contributed by atoms with van der Waals surface area (Å²) in [7, 11) is 0. The van der Waals surface area contributed by atoms with Crippen molar-refractivity contribution < 1.29 is 14.6 Å². The van der Waals surface area contributed by atoms with Crippen molar-refractivity contribution in [3.8, 4) is 0 Å². The van der Waals surface area contributed by atoms with E-state index in [2.05, 4.69) is 10.4 Å². The van der Waals surface area contributed by atoms with Crippen LogP contribution in [0, 0.1) is 0 Å². The van der Waals surface area contributed by atoms with Crippen molar-refractivity contribution in [2.45, 2.75) is 25.0 Å². The number of nitrogens with zero attached hydrogens (tertiary/aromatic N) is 2. The van der Waals surface area contributed by atoms with E-state index >= 15 is 0 Å². The quantitative estimate of drug-likeness (QED) is 0.860. The minimum absolute atomic E-state index is 0.178. The molecule has 1 aliphatic rings. The van der Waals surface area contributed by atoms with Gasteiger partial charge < -0.3 is 15.2 Å². The smallest absolute Gasteiger partial charge is 0.255 e. The van der Waals surface area contributed by atoms with Gasteiger partial charge in [-0.15, -0.1) is 0 Å². The number of amides is 1. The van der Waals surface area contributed by atoms with Crippen LogP contribution in [0.25, 0.3) is 5.52 Å². The number of aliphatic hydroxyl groups is 1. The molecule has 1 fully saturated rings. The third-order valence-electron chi connectivity index (χ3n) is 3.89. The van der Waals surface area contributed by atoms with Gasteiger partial charge >= 0.3 is 0 Å². The average Bonchev–Trinajstić information content (AvgIpc) is 3.01. The summed E-state index contributed by atoms with van der Waals surface area (Å²) in [6.45, 7) is 2.51. The van der Waals surface area contributed by atoms with Gasteiger partial charge in [0.15, 0.2) is 0 Å². The number of ether oxygens (including phenoxy) is 1. The number of aromatic nitrogens is 2. The van der Waals surface area contributed by atoms with Gasteiger partial charge in [0.25, 0.3) is 5.91 Å². The molecule has 1 amide bonds. The van der Waals surface area contributed by atoms with Gasteiger partial charge in [-0.3, -0.25) is 4.79 Å². The highest BCUT2D eigenvalue weighted by atomic mass is 16.5. The van der Waals surface area contributed by atoms with Crippen molar-refractivity contribution in [1.29, 1.82) is 0 Å². The Morgan fingerprint density at radius 2 is 2.50 bits per heavy atom. The van der Waals surface area contributed by atoms with Crippen LogP contribution in [-0.2, 0) is 4.74 Å². The number of nitrogens with one attached hydrogen (secondary N) is 1. The molecule has 1 saturated heterocycles. The van der Waals surface area contributed by atoms with Crippen molar-refractivity contribution in [3.63, 3.8) is 0 Å². The fraction of sp³-hybridized carbons (Fsp3) is 0.429. The highest BCUT2D eigenvalue weighted by molar-refractivity contribution is 6.00. The van der Waals surface area contributed by atoms with Crippen molar-refractivity contribution in [3.05, 3.63) is 36.2 Å². The van der Waals surface area contributed by atoms with Crippen LogP contribution in [-0.4, -0.2) is 45.5 Å². The predicted octanol–water partition coefficient (Wildman–Crippen LogP) is 0.604. The first-order valence-corrected chi connectivity index (χ1v) is 6.65. The number of rotatable bonds is 3. The van der Waals surface area contributed by atoms with Crippen LogP contribution in [0.15, 0.2) is 30.6 Å². The van der Waals surface area contributed by atoms with Gasteiger partial charge in [-0.25, -0.2) is 4.52 Å². The van der Waals surface area contributed by atoms with Gasteiger partial charge in [-0.05, 0) is 19.1 Å². The molecule has 3 heterocycles. The summed E-state index contributed by atoms with van der Waals surface area (Å²) in [6, 6.07) is 5.54. The first-order chi connectivity index (χ1) is 9.60. The molecule has 2 aromatic heterocycles. The maximum atomic E-state index is 12.2. The normalized spacial score (nSPS) is 26.0. The summed E-state index contributed by atoms with van der Waals surface area (Å²) in [6.07, 6.45) is 3.57. The molecule has 106 valence electrons.